The molecular formula is C24H28ClNO6S. The van der Waals surface area contributed by atoms with Crippen molar-refractivity contribution < 1.29 is 22.7 Å². The Morgan fingerprint density at radius 3 is 2.42 bits per heavy atom. The van der Waals surface area contributed by atoms with Crippen molar-refractivity contribution in [2.45, 2.75) is 69.8 Å². The highest BCUT2D eigenvalue weighted by Gasteiger charge is 2.41. The zero-order valence-corrected chi connectivity index (χ0v) is 20.9. The molecule has 1 aromatic carbocycles. The van der Waals surface area contributed by atoms with Gasteiger partial charge in [-0.25, -0.2) is 13.2 Å². The molecule has 0 radical (unpaired) electrons. The van der Waals surface area contributed by atoms with Crippen LogP contribution in [0.3, 0.4) is 0 Å². The van der Waals surface area contributed by atoms with Gasteiger partial charge in [-0.05, 0) is 57.2 Å². The summed E-state index contributed by atoms with van der Waals surface area (Å²) < 4.78 is 39.6. The number of sulfone groups is 1. The van der Waals surface area contributed by atoms with Crippen molar-refractivity contribution >= 4 is 27.4 Å². The molecule has 2 aromatic rings. The number of hydrogen-bond acceptors (Lipinski definition) is 6. The molecule has 1 aliphatic heterocycles. The number of ether oxygens (including phenoxy) is 2. The first kappa shape index (κ1) is 23.8. The lowest BCUT2D eigenvalue weighted by Crippen LogP contribution is -2.33. The van der Waals surface area contributed by atoms with Crippen LogP contribution in [0.2, 0.25) is 5.02 Å². The molecule has 0 spiro atoms. The predicted molar refractivity (Wildman–Crippen MR) is 126 cm³/mol. The van der Waals surface area contributed by atoms with Crippen LogP contribution in [0.5, 0.6) is 5.75 Å². The fourth-order valence-electron chi connectivity index (χ4n) is 4.04. The van der Waals surface area contributed by atoms with Crippen LogP contribution in [-0.4, -0.2) is 31.7 Å². The fourth-order valence-corrected chi connectivity index (χ4v) is 5.88. The summed E-state index contributed by atoms with van der Waals surface area (Å²) in [4.78, 5) is 26.2. The molecule has 0 N–H and O–H groups in total. The number of halogens is 1. The molecule has 0 amide bonds. The quantitative estimate of drug-likeness (QED) is 0.528. The first-order chi connectivity index (χ1) is 15.4. The highest BCUT2D eigenvalue weighted by Crippen LogP contribution is 2.49. The van der Waals surface area contributed by atoms with Crippen LogP contribution in [0.25, 0.3) is 11.3 Å². The van der Waals surface area contributed by atoms with E-state index < -0.39 is 32.7 Å². The monoisotopic (exact) mass is 493 g/mol. The zero-order valence-electron chi connectivity index (χ0n) is 19.3. The van der Waals surface area contributed by atoms with E-state index >= 15 is 0 Å². The van der Waals surface area contributed by atoms with Gasteiger partial charge in [-0.3, -0.25) is 4.79 Å². The largest absolute Gasteiger partial charge is 0.492 e. The Labute approximate surface area is 198 Å². The smallest absolute Gasteiger partial charge is 0.344 e. The van der Waals surface area contributed by atoms with Gasteiger partial charge in [0.25, 0.3) is 5.56 Å². The molecule has 1 saturated carbocycles. The number of aromatic nitrogens is 1. The number of hydrogen-bond donors (Lipinski definition) is 0. The van der Waals surface area contributed by atoms with Crippen molar-refractivity contribution in [3.8, 4) is 17.0 Å². The van der Waals surface area contributed by atoms with Crippen LogP contribution in [0.15, 0.2) is 27.9 Å². The lowest BCUT2D eigenvalue weighted by Gasteiger charge is -2.29. The molecule has 7 nitrogen and oxygen atoms in total. The van der Waals surface area contributed by atoms with Crippen LogP contribution in [0.4, 0.5) is 0 Å². The summed E-state index contributed by atoms with van der Waals surface area (Å²) in [5, 5.41) is -0.696. The van der Waals surface area contributed by atoms with Crippen LogP contribution < -0.4 is 10.3 Å². The van der Waals surface area contributed by atoms with Crippen molar-refractivity contribution in [1.29, 1.82) is 0 Å². The zero-order chi connectivity index (χ0) is 24.2. The van der Waals surface area contributed by atoms with Crippen molar-refractivity contribution in [3.63, 3.8) is 0 Å². The van der Waals surface area contributed by atoms with Gasteiger partial charge in [0.15, 0.2) is 9.84 Å². The highest BCUT2D eigenvalue weighted by atomic mass is 35.5. The summed E-state index contributed by atoms with van der Waals surface area (Å²) in [5.74, 6) is -0.226. The number of esters is 1. The van der Waals surface area contributed by atoms with Gasteiger partial charge in [0.1, 0.15) is 11.3 Å². The third kappa shape index (κ3) is 4.19. The third-order valence-electron chi connectivity index (χ3n) is 5.81. The van der Waals surface area contributed by atoms with E-state index in [1.165, 1.54) is 12.1 Å². The number of rotatable bonds is 6. The number of carbonyl (C=O) groups excluding carboxylic acids is 1. The topological polar surface area (TPSA) is 91.7 Å². The third-order valence-corrected chi connectivity index (χ3v) is 8.24. The Hall–Kier alpha value is -2.32. The molecule has 2 aliphatic rings. The molecule has 1 fully saturated rings. The minimum atomic E-state index is -3.82. The molecule has 0 saturated heterocycles. The number of benzene rings is 1. The summed E-state index contributed by atoms with van der Waals surface area (Å²) >= 11 is 6.49. The Bertz CT molecular complexity index is 1290. The number of pyridine rings is 1. The first-order valence-corrected chi connectivity index (χ1v) is 13.1. The summed E-state index contributed by atoms with van der Waals surface area (Å²) in [6.45, 7) is 9.31. The minimum absolute atomic E-state index is 0.0805. The Balaban J connectivity index is 1.99. The van der Waals surface area contributed by atoms with Crippen molar-refractivity contribution in [3.05, 3.63) is 44.7 Å². The van der Waals surface area contributed by atoms with Gasteiger partial charge < -0.3 is 14.0 Å². The number of carbonyl (C=O) groups is 1. The fraction of sp³-hybridized carbons (Fsp3) is 0.500. The summed E-state index contributed by atoms with van der Waals surface area (Å²) in [5.41, 5.74) is 0.631. The molecule has 1 aliphatic carbocycles. The normalized spacial score (nSPS) is 18.7. The molecule has 9 heteroatoms. The number of nitrogens with zero attached hydrogens (tertiary/aromatic N) is 1. The van der Waals surface area contributed by atoms with E-state index in [9.17, 15) is 18.0 Å². The van der Waals surface area contributed by atoms with Gasteiger partial charge in [0, 0.05) is 17.7 Å². The van der Waals surface area contributed by atoms with Gasteiger partial charge in [-0.15, -0.1) is 0 Å². The van der Waals surface area contributed by atoms with Crippen LogP contribution in [0.1, 0.15) is 74.7 Å². The predicted octanol–water partition coefficient (Wildman–Crippen LogP) is 4.95. The molecular weight excluding hydrogens is 466 g/mol. The van der Waals surface area contributed by atoms with E-state index in [1.807, 2.05) is 13.8 Å². The van der Waals surface area contributed by atoms with E-state index in [-0.39, 0.29) is 27.4 Å². The molecule has 1 unspecified atom stereocenters. The van der Waals surface area contributed by atoms with E-state index in [1.54, 1.807) is 31.4 Å². The maximum atomic E-state index is 13.5. The average Bonchev–Trinajstić information content (AvgIpc) is 3.55. The van der Waals surface area contributed by atoms with Crippen molar-refractivity contribution in [2.75, 3.05) is 6.61 Å². The Morgan fingerprint density at radius 2 is 1.85 bits per heavy atom. The van der Waals surface area contributed by atoms with Crippen molar-refractivity contribution in [1.82, 2.24) is 4.57 Å². The minimum Gasteiger partial charge on any atom is -0.492 e. The Morgan fingerprint density at radius 1 is 1.18 bits per heavy atom. The molecule has 1 aromatic heterocycles. The second-order valence-electron chi connectivity index (χ2n) is 9.39. The number of fused-ring (bicyclic) bond motifs is 3. The van der Waals surface area contributed by atoms with Gasteiger partial charge >= 0.3 is 5.97 Å². The highest BCUT2D eigenvalue weighted by molar-refractivity contribution is 7.92. The maximum absolute atomic E-state index is 13.5. The molecule has 2 heterocycles. The molecule has 0 bridgehead atoms. The van der Waals surface area contributed by atoms with Gasteiger partial charge in [0.2, 0.25) is 0 Å². The lowest BCUT2D eigenvalue weighted by molar-refractivity contribution is 0.0375. The van der Waals surface area contributed by atoms with Gasteiger partial charge in [0.05, 0.1) is 33.6 Å². The second-order valence-corrected chi connectivity index (χ2v) is 12.0. The van der Waals surface area contributed by atoms with E-state index in [2.05, 4.69) is 0 Å². The standard InChI is InChI=1S/C24H28ClNO6S/c1-12(2)11-31-20-10-21-17(9-19(20)25)22-16(14(5)33(21,29)30)8-18(24(28)32-13(3)4)23(27)26(22)15-6-7-15/h8-10,12-15H,6-7,11H2,1-5H3. The van der Waals surface area contributed by atoms with Crippen LogP contribution in [0, 0.1) is 5.92 Å². The molecule has 1 atom stereocenters. The van der Waals surface area contributed by atoms with E-state index in [0.29, 0.717) is 29.2 Å². The van der Waals surface area contributed by atoms with Crippen LogP contribution >= 0.6 is 11.6 Å². The summed E-state index contributed by atoms with van der Waals surface area (Å²) in [7, 11) is -3.82. The molecule has 4 rings (SSSR count). The molecule has 178 valence electrons. The van der Waals surface area contributed by atoms with E-state index in [4.69, 9.17) is 21.1 Å². The second kappa shape index (κ2) is 8.47. The van der Waals surface area contributed by atoms with Gasteiger partial charge in [-0.2, -0.15) is 0 Å². The van der Waals surface area contributed by atoms with Crippen molar-refractivity contribution in [2.24, 2.45) is 5.92 Å². The van der Waals surface area contributed by atoms with Gasteiger partial charge in [-0.1, -0.05) is 25.4 Å². The van der Waals surface area contributed by atoms with Crippen LogP contribution in [-0.2, 0) is 14.6 Å². The summed E-state index contributed by atoms with van der Waals surface area (Å²) in [6, 6.07) is 4.29. The lowest BCUT2D eigenvalue weighted by atomic mass is 9.99. The summed E-state index contributed by atoms with van der Waals surface area (Å²) in [6.07, 6.45) is 1.14. The first-order valence-electron chi connectivity index (χ1n) is 11.1. The SMILES string of the molecule is CC(C)COc1cc2c(cc1Cl)-c1c(cc(C(=O)OC(C)C)c(=O)n1C1CC1)C(C)S2(=O)=O. The Kier molecular flexibility index (Phi) is 6.12. The average molecular weight is 494 g/mol. The van der Waals surface area contributed by atoms with E-state index in [0.717, 1.165) is 12.8 Å². The molecule has 33 heavy (non-hydrogen) atoms. The maximum Gasteiger partial charge on any atom is 0.344 e.